The summed E-state index contributed by atoms with van der Waals surface area (Å²) in [5.41, 5.74) is -1.14. The molecule has 0 radical (unpaired) electrons. The molecule has 0 aliphatic carbocycles. The molecule has 0 aliphatic heterocycles. The van der Waals surface area contributed by atoms with Crippen LogP contribution in [0, 0.1) is 0 Å². The Morgan fingerprint density at radius 1 is 1.04 bits per heavy atom. The summed E-state index contributed by atoms with van der Waals surface area (Å²) in [4.78, 5) is 16.4. The van der Waals surface area contributed by atoms with Crippen LogP contribution in [-0.4, -0.2) is 63.5 Å². The Labute approximate surface area is 187 Å². The normalized spacial score (nSPS) is 12.8. The van der Waals surface area contributed by atoms with Crippen molar-refractivity contribution in [2.24, 2.45) is 4.99 Å². The minimum Gasteiger partial charge on any atom is -0.444 e. The van der Waals surface area contributed by atoms with Gasteiger partial charge in [0.1, 0.15) is 5.60 Å². The van der Waals surface area contributed by atoms with Crippen molar-refractivity contribution in [3.63, 3.8) is 0 Å². The fourth-order valence-corrected chi connectivity index (χ4v) is 2.52. The van der Waals surface area contributed by atoms with Gasteiger partial charge in [-0.15, -0.1) is 24.0 Å². The lowest BCUT2D eigenvalue weighted by atomic mass is 10.1. The van der Waals surface area contributed by atoms with E-state index in [9.17, 15) is 13.2 Å². The van der Waals surface area contributed by atoms with Gasteiger partial charge in [0.15, 0.2) is 5.96 Å². The van der Waals surface area contributed by atoms with Gasteiger partial charge in [0.05, 0.1) is 17.8 Å². The molecule has 0 unspecified atom stereocenters. The summed E-state index contributed by atoms with van der Waals surface area (Å²) >= 11 is 0. The second kappa shape index (κ2) is 13.4. The van der Waals surface area contributed by atoms with Crippen molar-refractivity contribution in [3.05, 3.63) is 0 Å². The average molecular weight is 535 g/mol. The zero-order valence-corrected chi connectivity index (χ0v) is 21.3. The molecule has 0 saturated heterocycles. The molecule has 0 rings (SSSR count). The second-order valence-corrected chi connectivity index (χ2v) is 9.88. The summed E-state index contributed by atoms with van der Waals surface area (Å²) in [6.45, 7) is 14.7. The van der Waals surface area contributed by atoms with Gasteiger partial charge in [-0.2, -0.15) is 0 Å². The van der Waals surface area contributed by atoms with E-state index in [-0.39, 0.29) is 29.7 Å². The molecule has 28 heavy (non-hydrogen) atoms. The molecule has 0 aromatic heterocycles. The fraction of sp³-hybridized carbons (Fsp3) is 0.882. The maximum atomic E-state index is 11.9. The first kappa shape index (κ1) is 29.4. The number of halogens is 1. The Hall–Kier alpha value is -0.820. The smallest absolute Gasteiger partial charge is 0.408 e. The predicted molar refractivity (Wildman–Crippen MR) is 125 cm³/mol. The van der Waals surface area contributed by atoms with E-state index in [1.54, 1.807) is 6.92 Å². The van der Waals surface area contributed by atoms with Crippen LogP contribution in [0.2, 0.25) is 0 Å². The Morgan fingerprint density at radius 2 is 1.64 bits per heavy atom. The number of ether oxygens (including phenoxy) is 1. The quantitative estimate of drug-likeness (QED) is 0.147. The van der Waals surface area contributed by atoms with Crippen molar-refractivity contribution in [1.82, 2.24) is 20.7 Å². The Bertz CT molecular complexity index is 589. The Morgan fingerprint density at radius 3 is 2.14 bits per heavy atom. The minimum atomic E-state index is -3.16. The lowest BCUT2D eigenvalue weighted by Crippen LogP contribution is -2.49. The van der Waals surface area contributed by atoms with Crippen molar-refractivity contribution < 1.29 is 17.9 Å². The van der Waals surface area contributed by atoms with Crippen LogP contribution in [0.3, 0.4) is 0 Å². The SMILES string of the molecule is CCNC(=NCC(C)(C)NC(=O)OC(C)(C)C)NCCCNS(=O)(=O)CC.I. The molecular weight excluding hydrogens is 497 g/mol. The van der Waals surface area contributed by atoms with Gasteiger partial charge in [-0.25, -0.2) is 17.9 Å². The second-order valence-electron chi connectivity index (χ2n) is 7.78. The highest BCUT2D eigenvalue weighted by Gasteiger charge is 2.24. The first-order valence-corrected chi connectivity index (χ1v) is 11.0. The molecule has 0 aromatic carbocycles. The summed E-state index contributed by atoms with van der Waals surface area (Å²) in [6, 6.07) is 0. The number of amides is 1. The van der Waals surface area contributed by atoms with E-state index in [2.05, 4.69) is 25.7 Å². The van der Waals surface area contributed by atoms with Crippen molar-refractivity contribution in [3.8, 4) is 0 Å². The molecule has 1 amide bonds. The number of alkyl carbamates (subject to hydrolysis) is 1. The standard InChI is InChI=1S/C17H37N5O4S.HI/c1-8-18-14(19-11-10-12-21-27(24,25)9-2)20-13-17(6,7)22-15(23)26-16(3,4)5;/h21H,8-13H2,1-7H3,(H,22,23)(H2,18,19,20);1H. The topological polar surface area (TPSA) is 121 Å². The molecule has 11 heteroatoms. The number of carbonyl (C=O) groups is 1. The molecule has 4 N–H and O–H groups in total. The summed E-state index contributed by atoms with van der Waals surface area (Å²) < 4.78 is 30.5. The molecule has 0 aliphatic rings. The highest BCUT2D eigenvalue weighted by atomic mass is 127. The number of guanidine groups is 1. The van der Waals surface area contributed by atoms with Gasteiger partial charge < -0.3 is 20.7 Å². The first-order chi connectivity index (χ1) is 12.3. The number of nitrogens with one attached hydrogen (secondary N) is 4. The van der Waals surface area contributed by atoms with Crippen LogP contribution >= 0.6 is 24.0 Å². The third kappa shape index (κ3) is 16.2. The number of carbonyl (C=O) groups excluding carboxylic acids is 1. The van der Waals surface area contributed by atoms with E-state index in [0.29, 0.717) is 38.6 Å². The van der Waals surface area contributed by atoms with E-state index < -0.39 is 27.3 Å². The average Bonchev–Trinajstić information content (AvgIpc) is 2.49. The summed E-state index contributed by atoms with van der Waals surface area (Å²) in [7, 11) is -3.16. The van der Waals surface area contributed by atoms with Crippen LogP contribution in [0.1, 0.15) is 54.9 Å². The fourth-order valence-electron chi connectivity index (χ4n) is 1.86. The highest BCUT2D eigenvalue weighted by molar-refractivity contribution is 14.0. The van der Waals surface area contributed by atoms with Crippen LogP contribution in [0.25, 0.3) is 0 Å². The van der Waals surface area contributed by atoms with Gasteiger partial charge in [-0.3, -0.25) is 4.99 Å². The lowest BCUT2D eigenvalue weighted by Gasteiger charge is -2.27. The third-order valence-electron chi connectivity index (χ3n) is 3.16. The van der Waals surface area contributed by atoms with Crippen LogP contribution in [-0.2, 0) is 14.8 Å². The third-order valence-corrected chi connectivity index (χ3v) is 4.57. The molecule has 0 fully saturated rings. The summed E-state index contributed by atoms with van der Waals surface area (Å²) in [5.74, 6) is 0.680. The molecule has 168 valence electrons. The van der Waals surface area contributed by atoms with Gasteiger partial charge >= 0.3 is 6.09 Å². The molecule has 0 atom stereocenters. The number of hydrogen-bond acceptors (Lipinski definition) is 5. The number of rotatable bonds is 10. The monoisotopic (exact) mass is 535 g/mol. The van der Waals surface area contributed by atoms with Crippen LogP contribution in [0.15, 0.2) is 4.99 Å². The zero-order chi connectivity index (χ0) is 21.1. The minimum absolute atomic E-state index is 0. The molecule has 9 nitrogen and oxygen atoms in total. The summed E-state index contributed by atoms with van der Waals surface area (Å²) in [6.07, 6.45) is 0.146. The zero-order valence-electron chi connectivity index (χ0n) is 18.1. The van der Waals surface area contributed by atoms with Crippen molar-refractivity contribution >= 4 is 46.1 Å². The molecule has 0 spiro atoms. The predicted octanol–water partition coefficient (Wildman–Crippen LogP) is 1.79. The van der Waals surface area contributed by atoms with Gasteiger partial charge in [0, 0.05) is 19.6 Å². The van der Waals surface area contributed by atoms with E-state index in [1.165, 1.54) is 0 Å². The molecule has 0 saturated carbocycles. The van der Waals surface area contributed by atoms with E-state index in [1.807, 2.05) is 41.5 Å². The van der Waals surface area contributed by atoms with Gasteiger partial charge in [0.2, 0.25) is 10.0 Å². The molecule has 0 heterocycles. The highest BCUT2D eigenvalue weighted by Crippen LogP contribution is 2.09. The van der Waals surface area contributed by atoms with Crippen molar-refractivity contribution in [2.75, 3.05) is 31.9 Å². The number of hydrogen-bond donors (Lipinski definition) is 4. The van der Waals surface area contributed by atoms with Gasteiger partial charge in [-0.1, -0.05) is 0 Å². The maximum absolute atomic E-state index is 11.9. The molecule has 0 bridgehead atoms. The molecule has 0 aromatic rings. The van der Waals surface area contributed by atoms with Gasteiger partial charge in [-0.05, 0) is 54.9 Å². The maximum Gasteiger partial charge on any atom is 0.408 e. The number of aliphatic imine (C=N–C) groups is 1. The van der Waals surface area contributed by atoms with Gasteiger partial charge in [0.25, 0.3) is 0 Å². The largest absolute Gasteiger partial charge is 0.444 e. The lowest BCUT2D eigenvalue weighted by molar-refractivity contribution is 0.0476. The Kier molecular flexibility index (Phi) is 14.1. The molecular formula is C17H38IN5O4S. The van der Waals surface area contributed by atoms with E-state index in [0.717, 1.165) is 0 Å². The van der Waals surface area contributed by atoms with Crippen LogP contribution in [0.5, 0.6) is 0 Å². The summed E-state index contributed by atoms with van der Waals surface area (Å²) in [5, 5.41) is 9.08. The van der Waals surface area contributed by atoms with Crippen molar-refractivity contribution in [1.29, 1.82) is 0 Å². The van der Waals surface area contributed by atoms with Crippen LogP contribution < -0.4 is 20.7 Å². The first-order valence-electron chi connectivity index (χ1n) is 9.31. The van der Waals surface area contributed by atoms with Crippen molar-refractivity contribution in [2.45, 2.75) is 66.0 Å². The van der Waals surface area contributed by atoms with E-state index >= 15 is 0 Å². The van der Waals surface area contributed by atoms with Crippen LogP contribution in [0.4, 0.5) is 4.79 Å². The van der Waals surface area contributed by atoms with E-state index in [4.69, 9.17) is 4.74 Å². The Balaban J connectivity index is 0. The number of sulfonamides is 1. The number of nitrogens with zero attached hydrogens (tertiary/aromatic N) is 1.